The van der Waals surface area contributed by atoms with Crippen molar-refractivity contribution in [1.82, 2.24) is 19.7 Å². The van der Waals surface area contributed by atoms with Gasteiger partial charge >= 0.3 is 0 Å². The fourth-order valence-electron chi connectivity index (χ4n) is 3.91. The van der Waals surface area contributed by atoms with Crippen LogP contribution in [0.25, 0.3) is 21.6 Å². The first-order valence-electron chi connectivity index (χ1n) is 9.20. The van der Waals surface area contributed by atoms with Gasteiger partial charge in [0.05, 0.1) is 38.7 Å². The van der Waals surface area contributed by atoms with Crippen molar-refractivity contribution in [1.29, 1.82) is 0 Å². The summed E-state index contributed by atoms with van der Waals surface area (Å²) in [7, 11) is -1.26. The van der Waals surface area contributed by atoms with Gasteiger partial charge in [-0.05, 0) is 37.8 Å². The van der Waals surface area contributed by atoms with Crippen molar-refractivity contribution in [2.45, 2.75) is 26.3 Å². The van der Waals surface area contributed by atoms with E-state index in [1.165, 1.54) is 0 Å². The standard InChI is InChI=1S/C19H22N4O3S2/c1-4-23(13-7-9-28(25,26)11-13)19(24)14-10-15(16-6-5-8-27-16)20-18-17(14)12(2)21-22(18)3/h5-6,8,10,13H,4,7,9,11H2,1-3H3. The number of aromatic nitrogens is 3. The molecule has 1 aliphatic rings. The Labute approximate surface area is 167 Å². The average molecular weight is 419 g/mol. The Hall–Kier alpha value is -2.26. The number of nitrogens with zero attached hydrogens (tertiary/aromatic N) is 4. The van der Waals surface area contributed by atoms with E-state index in [-0.39, 0.29) is 23.5 Å². The summed E-state index contributed by atoms with van der Waals surface area (Å²) < 4.78 is 25.6. The molecule has 7 nitrogen and oxygen atoms in total. The lowest BCUT2D eigenvalue weighted by molar-refractivity contribution is 0.0710. The van der Waals surface area contributed by atoms with Crippen LogP contribution < -0.4 is 0 Å². The zero-order valence-electron chi connectivity index (χ0n) is 16.0. The Morgan fingerprint density at radius 3 is 2.82 bits per heavy atom. The first-order chi connectivity index (χ1) is 13.3. The number of sulfone groups is 1. The van der Waals surface area contributed by atoms with Gasteiger partial charge in [-0.15, -0.1) is 11.3 Å². The lowest BCUT2D eigenvalue weighted by atomic mass is 10.1. The highest BCUT2D eigenvalue weighted by Gasteiger charge is 2.35. The van der Waals surface area contributed by atoms with Crippen LogP contribution in [0.5, 0.6) is 0 Å². The van der Waals surface area contributed by atoms with Crippen molar-refractivity contribution in [3.63, 3.8) is 0 Å². The van der Waals surface area contributed by atoms with Gasteiger partial charge in [0.1, 0.15) is 0 Å². The van der Waals surface area contributed by atoms with E-state index in [0.29, 0.717) is 24.2 Å². The molecule has 4 rings (SSSR count). The summed E-state index contributed by atoms with van der Waals surface area (Å²) >= 11 is 1.56. The summed E-state index contributed by atoms with van der Waals surface area (Å²) in [6.45, 7) is 4.20. The predicted octanol–water partition coefficient (Wildman–Crippen LogP) is 2.65. The molecular formula is C19H22N4O3S2. The van der Waals surface area contributed by atoms with Crippen molar-refractivity contribution in [3.8, 4) is 10.6 Å². The molecule has 1 amide bonds. The number of aryl methyl sites for hydroxylation is 2. The van der Waals surface area contributed by atoms with Gasteiger partial charge < -0.3 is 4.90 Å². The van der Waals surface area contributed by atoms with Crippen molar-refractivity contribution in [2.24, 2.45) is 7.05 Å². The van der Waals surface area contributed by atoms with Gasteiger partial charge in [-0.25, -0.2) is 13.4 Å². The highest BCUT2D eigenvalue weighted by molar-refractivity contribution is 7.91. The second kappa shape index (κ2) is 6.97. The third-order valence-electron chi connectivity index (χ3n) is 5.22. The lowest BCUT2D eigenvalue weighted by Gasteiger charge is -2.27. The number of pyridine rings is 1. The van der Waals surface area contributed by atoms with E-state index < -0.39 is 9.84 Å². The van der Waals surface area contributed by atoms with Crippen LogP contribution in [0, 0.1) is 6.92 Å². The zero-order chi connectivity index (χ0) is 20.1. The SMILES string of the molecule is CCN(C(=O)c1cc(-c2cccs2)nc2c1c(C)nn2C)C1CCS(=O)(=O)C1. The molecule has 0 N–H and O–H groups in total. The van der Waals surface area contributed by atoms with E-state index in [2.05, 4.69) is 5.10 Å². The highest BCUT2D eigenvalue weighted by atomic mass is 32.2. The van der Waals surface area contributed by atoms with Crippen LogP contribution in [0.1, 0.15) is 29.4 Å². The molecule has 28 heavy (non-hydrogen) atoms. The molecule has 1 aliphatic heterocycles. The van der Waals surface area contributed by atoms with Gasteiger partial charge in [0.25, 0.3) is 5.91 Å². The van der Waals surface area contributed by atoms with E-state index in [1.54, 1.807) is 20.9 Å². The maximum absolute atomic E-state index is 13.5. The summed E-state index contributed by atoms with van der Waals surface area (Å²) in [5.74, 6) is 0.00961. The molecule has 3 aromatic rings. The van der Waals surface area contributed by atoms with E-state index >= 15 is 0 Å². The first-order valence-corrected chi connectivity index (χ1v) is 11.9. The van der Waals surface area contributed by atoms with Crippen LogP contribution >= 0.6 is 11.3 Å². The van der Waals surface area contributed by atoms with Crippen LogP contribution in [0.15, 0.2) is 23.6 Å². The highest BCUT2D eigenvalue weighted by Crippen LogP contribution is 2.31. The van der Waals surface area contributed by atoms with E-state index in [4.69, 9.17) is 4.98 Å². The number of hydrogen-bond acceptors (Lipinski definition) is 6. The van der Waals surface area contributed by atoms with Crippen molar-refractivity contribution in [3.05, 3.63) is 34.8 Å². The van der Waals surface area contributed by atoms with E-state index in [0.717, 1.165) is 21.7 Å². The fraction of sp³-hybridized carbons (Fsp3) is 0.421. The molecule has 0 spiro atoms. The molecule has 0 radical (unpaired) electrons. The zero-order valence-corrected chi connectivity index (χ0v) is 17.7. The average Bonchev–Trinajstić information content (AvgIpc) is 3.36. The van der Waals surface area contributed by atoms with Crippen molar-refractivity contribution >= 4 is 38.1 Å². The second-order valence-electron chi connectivity index (χ2n) is 7.09. The molecular weight excluding hydrogens is 396 g/mol. The maximum atomic E-state index is 13.5. The van der Waals surface area contributed by atoms with Crippen LogP contribution in [0.2, 0.25) is 0 Å². The van der Waals surface area contributed by atoms with Crippen LogP contribution in [0.4, 0.5) is 0 Å². The summed E-state index contributed by atoms with van der Waals surface area (Å²) in [5, 5.41) is 7.15. The molecule has 0 saturated carbocycles. The minimum absolute atomic E-state index is 0.0324. The van der Waals surface area contributed by atoms with Gasteiger partial charge in [0.15, 0.2) is 15.5 Å². The fourth-order valence-corrected chi connectivity index (χ4v) is 6.32. The summed E-state index contributed by atoms with van der Waals surface area (Å²) in [6, 6.07) is 5.45. The Morgan fingerprint density at radius 2 is 2.21 bits per heavy atom. The molecule has 1 atom stereocenters. The minimum atomic E-state index is -3.08. The van der Waals surface area contributed by atoms with Crippen molar-refractivity contribution in [2.75, 3.05) is 18.1 Å². The number of rotatable bonds is 4. The summed E-state index contributed by atoms with van der Waals surface area (Å²) in [5.41, 5.74) is 2.65. The van der Waals surface area contributed by atoms with Crippen molar-refractivity contribution < 1.29 is 13.2 Å². The molecule has 9 heteroatoms. The molecule has 1 fully saturated rings. The van der Waals surface area contributed by atoms with E-state index in [1.807, 2.05) is 44.5 Å². The quantitative estimate of drug-likeness (QED) is 0.650. The predicted molar refractivity (Wildman–Crippen MR) is 110 cm³/mol. The topological polar surface area (TPSA) is 85.2 Å². The van der Waals surface area contributed by atoms with Gasteiger partial charge in [0, 0.05) is 19.6 Å². The first kappa shape index (κ1) is 19.1. The van der Waals surface area contributed by atoms with Crippen LogP contribution in [-0.2, 0) is 16.9 Å². The third kappa shape index (κ3) is 3.22. The molecule has 0 aromatic carbocycles. The monoisotopic (exact) mass is 418 g/mol. The molecule has 148 valence electrons. The molecule has 0 aliphatic carbocycles. The van der Waals surface area contributed by atoms with Gasteiger partial charge in [-0.3, -0.25) is 9.48 Å². The number of thiophene rings is 1. The van der Waals surface area contributed by atoms with Crippen LogP contribution in [-0.4, -0.2) is 58.1 Å². The third-order valence-corrected chi connectivity index (χ3v) is 7.87. The summed E-state index contributed by atoms with van der Waals surface area (Å²) in [6.07, 6.45) is 0.486. The molecule has 1 unspecified atom stereocenters. The Bertz CT molecular complexity index is 1150. The molecule has 1 saturated heterocycles. The largest absolute Gasteiger partial charge is 0.335 e. The molecule has 0 bridgehead atoms. The number of carbonyl (C=O) groups is 1. The van der Waals surface area contributed by atoms with Gasteiger partial charge in [0.2, 0.25) is 0 Å². The maximum Gasteiger partial charge on any atom is 0.255 e. The lowest BCUT2D eigenvalue weighted by Crippen LogP contribution is -2.41. The number of carbonyl (C=O) groups excluding carboxylic acids is 1. The smallest absolute Gasteiger partial charge is 0.255 e. The molecule has 3 aromatic heterocycles. The van der Waals surface area contributed by atoms with Gasteiger partial charge in [-0.2, -0.15) is 5.10 Å². The summed E-state index contributed by atoms with van der Waals surface area (Å²) in [4.78, 5) is 20.9. The number of fused-ring (bicyclic) bond motifs is 1. The Balaban J connectivity index is 1.85. The minimum Gasteiger partial charge on any atom is -0.335 e. The van der Waals surface area contributed by atoms with E-state index in [9.17, 15) is 13.2 Å². The molecule has 4 heterocycles. The second-order valence-corrected chi connectivity index (χ2v) is 10.3. The normalized spacial score (nSPS) is 18.6. The van der Waals surface area contributed by atoms with Crippen LogP contribution in [0.3, 0.4) is 0 Å². The number of amides is 1. The Kier molecular flexibility index (Phi) is 4.75. The Morgan fingerprint density at radius 1 is 1.43 bits per heavy atom. The van der Waals surface area contributed by atoms with Gasteiger partial charge in [-0.1, -0.05) is 6.07 Å². The number of hydrogen-bond donors (Lipinski definition) is 0.